The Balaban J connectivity index is 2.10. The summed E-state index contributed by atoms with van der Waals surface area (Å²) < 4.78 is 0. The van der Waals surface area contributed by atoms with E-state index in [1.165, 1.54) is 0 Å². The van der Waals surface area contributed by atoms with Crippen LogP contribution < -0.4 is 5.32 Å². The van der Waals surface area contributed by atoms with Gasteiger partial charge in [0.05, 0.1) is 12.1 Å². The first kappa shape index (κ1) is 7.86. The fourth-order valence-corrected chi connectivity index (χ4v) is 2.02. The van der Waals surface area contributed by atoms with Crippen molar-refractivity contribution in [3.8, 4) is 0 Å². The van der Waals surface area contributed by atoms with E-state index in [2.05, 4.69) is 5.32 Å². The van der Waals surface area contributed by atoms with Gasteiger partial charge in [-0.25, -0.2) is 4.79 Å². The van der Waals surface area contributed by atoms with Gasteiger partial charge in [-0.2, -0.15) is 0 Å². The summed E-state index contributed by atoms with van der Waals surface area (Å²) in [6.07, 6.45) is 3.04. The van der Waals surface area contributed by atoms with Crippen molar-refractivity contribution in [1.82, 2.24) is 10.2 Å². The molecular formula is C8H14N2O2. The van der Waals surface area contributed by atoms with Crippen LogP contribution in [0.2, 0.25) is 0 Å². The molecule has 2 aliphatic rings. The lowest BCUT2D eigenvalue weighted by atomic mass is 9.76. The number of urea groups is 1. The van der Waals surface area contributed by atoms with Gasteiger partial charge >= 0.3 is 6.03 Å². The summed E-state index contributed by atoms with van der Waals surface area (Å²) in [4.78, 5) is 13.1. The first-order valence-corrected chi connectivity index (χ1v) is 4.45. The molecule has 1 heterocycles. The second-order valence-electron chi connectivity index (χ2n) is 3.62. The van der Waals surface area contributed by atoms with Crippen molar-refractivity contribution in [3.05, 3.63) is 0 Å². The summed E-state index contributed by atoms with van der Waals surface area (Å²) in [5, 5.41) is 11.9. The van der Waals surface area contributed by atoms with Gasteiger partial charge in [0.2, 0.25) is 0 Å². The minimum atomic E-state index is -0.208. The minimum Gasteiger partial charge on any atom is -0.394 e. The van der Waals surface area contributed by atoms with E-state index in [1.54, 1.807) is 4.90 Å². The SMILES string of the molecule is O=C1NCCN1C1(CO)CCC1. The number of amides is 2. The Morgan fingerprint density at radius 1 is 1.58 bits per heavy atom. The third-order valence-corrected chi connectivity index (χ3v) is 3.01. The van der Waals surface area contributed by atoms with Gasteiger partial charge in [0, 0.05) is 13.1 Å². The number of aliphatic hydroxyl groups is 1. The van der Waals surface area contributed by atoms with Gasteiger partial charge < -0.3 is 15.3 Å². The normalized spacial score (nSPS) is 26.8. The summed E-state index contributed by atoms with van der Waals surface area (Å²) in [6, 6.07) is -0.0104. The van der Waals surface area contributed by atoms with Gasteiger partial charge in [-0.05, 0) is 19.3 Å². The minimum absolute atomic E-state index is 0.0104. The molecule has 0 unspecified atom stereocenters. The highest BCUT2D eigenvalue weighted by Crippen LogP contribution is 2.37. The lowest BCUT2D eigenvalue weighted by molar-refractivity contribution is 0.00894. The molecular weight excluding hydrogens is 156 g/mol. The van der Waals surface area contributed by atoms with E-state index >= 15 is 0 Å². The fourth-order valence-electron chi connectivity index (χ4n) is 2.02. The van der Waals surface area contributed by atoms with E-state index in [1.807, 2.05) is 0 Å². The van der Waals surface area contributed by atoms with Gasteiger partial charge in [0.15, 0.2) is 0 Å². The van der Waals surface area contributed by atoms with Crippen molar-refractivity contribution >= 4 is 6.03 Å². The molecule has 1 aliphatic carbocycles. The van der Waals surface area contributed by atoms with E-state index < -0.39 is 0 Å². The zero-order chi connectivity index (χ0) is 8.60. The maximum absolute atomic E-state index is 11.3. The van der Waals surface area contributed by atoms with Gasteiger partial charge in [0.1, 0.15) is 0 Å². The predicted molar refractivity (Wildman–Crippen MR) is 43.8 cm³/mol. The van der Waals surface area contributed by atoms with Gasteiger partial charge in [-0.1, -0.05) is 0 Å². The number of carbonyl (C=O) groups is 1. The highest BCUT2D eigenvalue weighted by atomic mass is 16.3. The molecule has 0 bridgehead atoms. The third kappa shape index (κ3) is 0.909. The summed E-state index contributed by atoms with van der Waals surface area (Å²) >= 11 is 0. The number of hydrogen-bond donors (Lipinski definition) is 2. The zero-order valence-corrected chi connectivity index (χ0v) is 7.05. The zero-order valence-electron chi connectivity index (χ0n) is 7.05. The topological polar surface area (TPSA) is 52.6 Å². The number of rotatable bonds is 2. The van der Waals surface area contributed by atoms with E-state index in [9.17, 15) is 9.90 Å². The predicted octanol–water partition coefficient (Wildman–Crippen LogP) is -0.0734. The van der Waals surface area contributed by atoms with E-state index in [0.29, 0.717) is 0 Å². The standard InChI is InChI=1S/C8H14N2O2/c11-6-8(2-1-3-8)10-5-4-9-7(10)12/h11H,1-6H2,(H,9,12). The second-order valence-corrected chi connectivity index (χ2v) is 3.62. The highest BCUT2D eigenvalue weighted by Gasteiger charge is 2.45. The molecule has 4 nitrogen and oxygen atoms in total. The van der Waals surface area contributed by atoms with E-state index in [0.717, 1.165) is 32.4 Å². The van der Waals surface area contributed by atoms with E-state index in [4.69, 9.17) is 0 Å². The molecule has 2 rings (SSSR count). The molecule has 0 radical (unpaired) electrons. The monoisotopic (exact) mass is 170 g/mol. The second kappa shape index (κ2) is 2.62. The third-order valence-electron chi connectivity index (χ3n) is 3.01. The Morgan fingerprint density at radius 3 is 2.67 bits per heavy atom. The molecule has 2 N–H and O–H groups in total. The Labute approximate surface area is 71.5 Å². The van der Waals surface area contributed by atoms with Crippen LogP contribution in [0.25, 0.3) is 0 Å². The van der Waals surface area contributed by atoms with Crippen LogP contribution in [0, 0.1) is 0 Å². The molecule has 12 heavy (non-hydrogen) atoms. The largest absolute Gasteiger partial charge is 0.394 e. The molecule has 0 aromatic carbocycles. The summed E-state index contributed by atoms with van der Waals surface area (Å²) in [5.41, 5.74) is -0.208. The summed E-state index contributed by atoms with van der Waals surface area (Å²) in [5.74, 6) is 0. The van der Waals surface area contributed by atoms with Crippen LogP contribution in [0.4, 0.5) is 4.79 Å². The Bertz CT molecular complexity index is 196. The molecule has 0 atom stereocenters. The lowest BCUT2D eigenvalue weighted by Gasteiger charge is -2.46. The molecule has 1 saturated heterocycles. The number of hydrogen-bond acceptors (Lipinski definition) is 2. The molecule has 0 aromatic heterocycles. The van der Waals surface area contributed by atoms with Gasteiger partial charge in [0.25, 0.3) is 0 Å². The molecule has 1 aliphatic heterocycles. The molecule has 68 valence electrons. The van der Waals surface area contributed by atoms with Crippen LogP contribution in [-0.4, -0.2) is 41.3 Å². The van der Waals surface area contributed by atoms with Crippen molar-refractivity contribution in [1.29, 1.82) is 0 Å². The molecule has 2 amide bonds. The smallest absolute Gasteiger partial charge is 0.318 e. The van der Waals surface area contributed by atoms with Gasteiger partial charge in [-0.15, -0.1) is 0 Å². The number of carbonyl (C=O) groups excluding carboxylic acids is 1. The molecule has 0 spiro atoms. The van der Waals surface area contributed by atoms with Crippen LogP contribution in [0.1, 0.15) is 19.3 Å². The molecule has 0 aromatic rings. The molecule has 2 fully saturated rings. The van der Waals surface area contributed by atoms with Crippen LogP contribution >= 0.6 is 0 Å². The van der Waals surface area contributed by atoms with Crippen molar-refractivity contribution in [2.24, 2.45) is 0 Å². The van der Waals surface area contributed by atoms with Crippen molar-refractivity contribution in [2.45, 2.75) is 24.8 Å². The first-order valence-electron chi connectivity index (χ1n) is 4.45. The maximum atomic E-state index is 11.3. The quantitative estimate of drug-likeness (QED) is 0.609. The molecule has 4 heteroatoms. The van der Waals surface area contributed by atoms with Gasteiger partial charge in [-0.3, -0.25) is 0 Å². The first-order chi connectivity index (χ1) is 5.78. The number of nitrogens with zero attached hydrogens (tertiary/aromatic N) is 1. The fraction of sp³-hybridized carbons (Fsp3) is 0.875. The number of nitrogens with one attached hydrogen (secondary N) is 1. The summed E-state index contributed by atoms with van der Waals surface area (Å²) in [7, 11) is 0. The van der Waals surface area contributed by atoms with Crippen molar-refractivity contribution in [2.75, 3.05) is 19.7 Å². The maximum Gasteiger partial charge on any atom is 0.318 e. The average molecular weight is 170 g/mol. The van der Waals surface area contributed by atoms with Crippen molar-refractivity contribution < 1.29 is 9.90 Å². The summed E-state index contributed by atoms with van der Waals surface area (Å²) in [6.45, 7) is 1.58. The average Bonchev–Trinajstić information content (AvgIpc) is 2.36. The Kier molecular flexibility index (Phi) is 1.72. The van der Waals surface area contributed by atoms with Crippen LogP contribution in [0.3, 0.4) is 0 Å². The van der Waals surface area contributed by atoms with Crippen LogP contribution in [-0.2, 0) is 0 Å². The van der Waals surface area contributed by atoms with Crippen LogP contribution in [0.5, 0.6) is 0 Å². The number of aliphatic hydroxyl groups excluding tert-OH is 1. The van der Waals surface area contributed by atoms with E-state index in [-0.39, 0.29) is 18.2 Å². The van der Waals surface area contributed by atoms with Crippen LogP contribution in [0.15, 0.2) is 0 Å². The Hall–Kier alpha value is -0.770. The highest BCUT2D eigenvalue weighted by molar-refractivity contribution is 5.77. The Morgan fingerprint density at radius 2 is 2.33 bits per heavy atom. The van der Waals surface area contributed by atoms with Crippen molar-refractivity contribution in [3.63, 3.8) is 0 Å². The molecule has 1 saturated carbocycles. The lowest BCUT2D eigenvalue weighted by Crippen LogP contribution is -2.57.